The zero-order chi connectivity index (χ0) is 32.0. The van der Waals surface area contributed by atoms with Crippen molar-refractivity contribution in [1.82, 2.24) is 4.90 Å². The van der Waals surface area contributed by atoms with Crippen molar-refractivity contribution < 1.29 is 38.3 Å². The molecule has 0 atom stereocenters. The minimum atomic E-state index is -0.689. The number of nitrogens with zero attached hydrogens (tertiary/aromatic N) is 2. The number of nitrogens with one attached hydrogen (secondary N) is 1. The highest BCUT2D eigenvalue weighted by Crippen LogP contribution is 2.40. The number of nitro benzene ring substituents is 1. The van der Waals surface area contributed by atoms with Crippen LogP contribution in [-0.4, -0.2) is 53.1 Å². The second-order valence-electron chi connectivity index (χ2n) is 8.98. The molecule has 15 heteroatoms. The lowest BCUT2D eigenvalue weighted by atomic mass is 10.1. The van der Waals surface area contributed by atoms with E-state index in [4.69, 9.17) is 21.1 Å². The summed E-state index contributed by atoms with van der Waals surface area (Å²) in [6.45, 7) is 1.65. The van der Waals surface area contributed by atoms with Crippen molar-refractivity contribution >= 4 is 79.8 Å². The Labute approximate surface area is 268 Å². The first-order valence-electron chi connectivity index (χ1n) is 12.8. The smallest absolute Gasteiger partial charge is 0.339 e. The van der Waals surface area contributed by atoms with Crippen LogP contribution in [0, 0.1) is 10.1 Å². The van der Waals surface area contributed by atoms with Gasteiger partial charge in [-0.25, -0.2) is 4.79 Å². The highest BCUT2D eigenvalue weighted by molar-refractivity contribution is 9.10. The van der Waals surface area contributed by atoms with E-state index in [0.29, 0.717) is 45.5 Å². The summed E-state index contributed by atoms with van der Waals surface area (Å²) in [7, 11) is 1.19. The fraction of sp³-hybridized carbons (Fsp3) is 0.172. The van der Waals surface area contributed by atoms with Crippen LogP contribution in [0.5, 0.6) is 11.5 Å². The number of carbonyl (C=O) groups excluding carboxylic acids is 4. The Hall–Kier alpha value is -4.40. The van der Waals surface area contributed by atoms with E-state index < -0.39 is 34.5 Å². The van der Waals surface area contributed by atoms with Gasteiger partial charge in [0.1, 0.15) is 13.2 Å². The number of hydrogen-bond acceptors (Lipinski definition) is 10. The molecule has 0 aromatic heterocycles. The van der Waals surface area contributed by atoms with E-state index >= 15 is 0 Å². The fourth-order valence-corrected chi connectivity index (χ4v) is 5.55. The van der Waals surface area contributed by atoms with Crippen LogP contribution in [0.25, 0.3) is 6.08 Å². The van der Waals surface area contributed by atoms with E-state index in [-0.39, 0.29) is 33.5 Å². The number of imide groups is 1. The van der Waals surface area contributed by atoms with Gasteiger partial charge in [-0.1, -0.05) is 11.6 Å². The van der Waals surface area contributed by atoms with Crippen LogP contribution in [0.4, 0.5) is 16.2 Å². The Kier molecular flexibility index (Phi) is 10.6. The summed E-state index contributed by atoms with van der Waals surface area (Å²) in [5, 5.41) is 12.9. The summed E-state index contributed by atoms with van der Waals surface area (Å²) in [5.41, 5.74) is 1.46. The molecule has 1 N–H and O–H groups in total. The molecule has 0 radical (unpaired) electrons. The van der Waals surface area contributed by atoms with Gasteiger partial charge in [0.25, 0.3) is 16.8 Å². The number of anilines is 1. The van der Waals surface area contributed by atoms with Crippen LogP contribution in [-0.2, 0) is 20.9 Å². The largest absolute Gasteiger partial charge is 0.490 e. The molecule has 0 unspecified atom stereocenters. The molecule has 1 fully saturated rings. The fourth-order valence-electron chi connectivity index (χ4n) is 3.94. The minimum Gasteiger partial charge on any atom is -0.490 e. The van der Waals surface area contributed by atoms with E-state index in [0.717, 1.165) is 4.90 Å². The minimum absolute atomic E-state index is 0.0323. The number of non-ortho nitro benzene ring substituents is 1. The lowest BCUT2D eigenvalue weighted by molar-refractivity contribution is -0.384. The summed E-state index contributed by atoms with van der Waals surface area (Å²) in [6, 6.07) is 13.5. The van der Waals surface area contributed by atoms with Gasteiger partial charge in [-0.2, -0.15) is 0 Å². The average molecular weight is 705 g/mol. The van der Waals surface area contributed by atoms with E-state index in [1.165, 1.54) is 43.5 Å². The van der Waals surface area contributed by atoms with Crippen LogP contribution < -0.4 is 14.8 Å². The van der Waals surface area contributed by atoms with Gasteiger partial charge in [0.15, 0.2) is 11.5 Å². The molecule has 1 saturated heterocycles. The Morgan fingerprint density at radius 2 is 1.84 bits per heavy atom. The topological polar surface area (TPSA) is 154 Å². The first kappa shape index (κ1) is 32.5. The molecule has 12 nitrogen and oxygen atoms in total. The SMILES string of the molecule is CCOc1cc(/C=C2/SC(=O)N(CC(=O)Nc3ccc(Cl)c(C(=O)OC)c3)C2=O)cc(Br)c1OCc1ccc([N+](=O)[O-])cc1. The van der Waals surface area contributed by atoms with Crippen LogP contribution in [0.3, 0.4) is 0 Å². The monoisotopic (exact) mass is 703 g/mol. The molecular formula is C29H23BrClN3O9S. The third-order valence-electron chi connectivity index (χ3n) is 5.99. The molecule has 0 bridgehead atoms. The first-order chi connectivity index (χ1) is 21.0. The second kappa shape index (κ2) is 14.4. The van der Waals surface area contributed by atoms with Crippen molar-refractivity contribution in [3.8, 4) is 11.5 Å². The molecule has 3 aromatic rings. The standard InChI is InChI=1S/C29H23BrClN3O9S/c1-3-42-23-11-17(10-21(30)26(23)43-15-16-4-7-19(8-5-16)34(39)40)12-24-27(36)33(29(38)44-24)14-25(35)32-18-6-9-22(31)20(13-18)28(37)41-2/h4-13H,3,14-15H2,1-2H3,(H,32,35)/b24-12+. The molecular weight excluding hydrogens is 682 g/mol. The second-order valence-corrected chi connectivity index (χ2v) is 11.2. The molecule has 1 aliphatic rings. The van der Waals surface area contributed by atoms with Crippen LogP contribution in [0.2, 0.25) is 5.02 Å². The van der Waals surface area contributed by atoms with Crippen LogP contribution >= 0.6 is 39.3 Å². The Morgan fingerprint density at radius 3 is 2.50 bits per heavy atom. The zero-order valence-corrected chi connectivity index (χ0v) is 26.3. The number of methoxy groups -OCH3 is 1. The Morgan fingerprint density at radius 1 is 1.11 bits per heavy atom. The molecule has 0 aliphatic carbocycles. The number of nitro groups is 1. The van der Waals surface area contributed by atoms with Crippen molar-refractivity contribution in [2.24, 2.45) is 0 Å². The summed E-state index contributed by atoms with van der Waals surface area (Å²) < 4.78 is 16.9. The molecule has 3 aromatic carbocycles. The normalized spacial score (nSPS) is 13.6. The molecule has 4 rings (SSSR count). The van der Waals surface area contributed by atoms with Gasteiger partial charge in [-0.15, -0.1) is 0 Å². The zero-order valence-electron chi connectivity index (χ0n) is 23.1. The van der Waals surface area contributed by atoms with Crippen molar-refractivity contribution in [2.75, 3.05) is 25.6 Å². The molecule has 0 spiro atoms. The molecule has 1 heterocycles. The molecule has 228 valence electrons. The molecule has 3 amide bonds. The van der Waals surface area contributed by atoms with E-state index in [2.05, 4.69) is 26.0 Å². The van der Waals surface area contributed by atoms with Gasteiger partial charge in [0, 0.05) is 17.8 Å². The van der Waals surface area contributed by atoms with Gasteiger partial charge in [0.05, 0.1) is 38.6 Å². The number of rotatable bonds is 11. The van der Waals surface area contributed by atoms with Gasteiger partial charge in [-0.05, 0) is 94.3 Å². The predicted molar refractivity (Wildman–Crippen MR) is 167 cm³/mol. The molecule has 1 aliphatic heterocycles. The number of ether oxygens (including phenoxy) is 3. The average Bonchev–Trinajstić information content (AvgIpc) is 3.24. The lowest BCUT2D eigenvalue weighted by Crippen LogP contribution is -2.36. The number of esters is 1. The van der Waals surface area contributed by atoms with Crippen molar-refractivity contribution in [3.63, 3.8) is 0 Å². The van der Waals surface area contributed by atoms with Gasteiger partial charge >= 0.3 is 5.97 Å². The third kappa shape index (κ3) is 7.75. The molecule has 0 saturated carbocycles. The van der Waals surface area contributed by atoms with Crippen molar-refractivity contribution in [2.45, 2.75) is 13.5 Å². The number of thioether (sulfide) groups is 1. The molecule has 44 heavy (non-hydrogen) atoms. The predicted octanol–water partition coefficient (Wildman–Crippen LogP) is 6.45. The van der Waals surface area contributed by atoms with Crippen LogP contribution in [0.15, 0.2) is 64.0 Å². The van der Waals surface area contributed by atoms with Gasteiger partial charge in [-0.3, -0.25) is 29.4 Å². The summed E-state index contributed by atoms with van der Waals surface area (Å²) in [6.07, 6.45) is 1.50. The number of benzene rings is 3. The van der Waals surface area contributed by atoms with Crippen LogP contribution in [0.1, 0.15) is 28.4 Å². The van der Waals surface area contributed by atoms with E-state index in [1.807, 2.05) is 0 Å². The maximum absolute atomic E-state index is 13.1. The van der Waals surface area contributed by atoms with Crippen molar-refractivity contribution in [3.05, 3.63) is 95.8 Å². The summed E-state index contributed by atoms with van der Waals surface area (Å²) in [5.74, 6) is -1.27. The van der Waals surface area contributed by atoms with E-state index in [9.17, 15) is 29.3 Å². The number of halogens is 2. The Bertz CT molecular complexity index is 1680. The lowest BCUT2D eigenvalue weighted by Gasteiger charge is -2.15. The third-order valence-corrected chi connectivity index (χ3v) is 7.82. The summed E-state index contributed by atoms with van der Waals surface area (Å²) in [4.78, 5) is 61.6. The number of amides is 3. The maximum atomic E-state index is 13.1. The van der Waals surface area contributed by atoms with Gasteiger partial charge < -0.3 is 19.5 Å². The first-order valence-corrected chi connectivity index (χ1v) is 14.7. The number of hydrogen-bond donors (Lipinski definition) is 1. The number of carbonyl (C=O) groups is 4. The van der Waals surface area contributed by atoms with Crippen molar-refractivity contribution in [1.29, 1.82) is 0 Å². The summed E-state index contributed by atoms with van der Waals surface area (Å²) >= 11 is 10.2. The van der Waals surface area contributed by atoms with E-state index in [1.54, 1.807) is 31.2 Å². The Balaban J connectivity index is 1.47. The highest BCUT2D eigenvalue weighted by atomic mass is 79.9. The highest BCUT2D eigenvalue weighted by Gasteiger charge is 2.36. The van der Waals surface area contributed by atoms with Gasteiger partial charge in [0.2, 0.25) is 5.91 Å². The quantitative estimate of drug-likeness (QED) is 0.102. The maximum Gasteiger partial charge on any atom is 0.339 e.